The minimum atomic E-state index is 0.357. The van der Waals surface area contributed by atoms with Crippen LogP contribution in [0.5, 0.6) is 0 Å². The molecule has 0 unspecified atom stereocenters. The van der Waals surface area contributed by atoms with Gasteiger partial charge in [-0.3, -0.25) is 4.79 Å². The molecule has 1 saturated heterocycles. The number of pyridine rings is 1. The van der Waals surface area contributed by atoms with E-state index in [2.05, 4.69) is 45.0 Å². The number of fused-ring (bicyclic) bond motifs is 1. The molecule has 2 aromatic heterocycles. The molecule has 0 saturated carbocycles. The minimum absolute atomic E-state index is 0.357. The zero-order chi connectivity index (χ0) is 22.1. The minimum Gasteiger partial charge on any atom is -0.382 e. The van der Waals surface area contributed by atoms with Crippen molar-refractivity contribution in [3.8, 4) is 22.5 Å². The van der Waals surface area contributed by atoms with E-state index in [9.17, 15) is 4.79 Å². The van der Waals surface area contributed by atoms with E-state index in [0.29, 0.717) is 30.5 Å². The normalized spacial score (nSPS) is 14.0. The van der Waals surface area contributed by atoms with Gasteiger partial charge in [-0.2, -0.15) is 0 Å². The SMILES string of the molecule is Cc1cccc(-c2nccc(C=O)n2)c1-c1ccc2nc(N)c(N3CCOCC3)cc2c1. The Kier molecular flexibility index (Phi) is 5.25. The van der Waals surface area contributed by atoms with Crippen LogP contribution >= 0.6 is 0 Å². The van der Waals surface area contributed by atoms with Crippen molar-refractivity contribution in [3.05, 3.63) is 66.0 Å². The summed E-state index contributed by atoms with van der Waals surface area (Å²) in [6.07, 6.45) is 2.35. The fraction of sp³-hybridized carbons (Fsp3) is 0.200. The van der Waals surface area contributed by atoms with E-state index < -0.39 is 0 Å². The first-order valence-corrected chi connectivity index (χ1v) is 10.6. The number of rotatable bonds is 4. The van der Waals surface area contributed by atoms with Crippen LogP contribution in [0.15, 0.2) is 54.7 Å². The van der Waals surface area contributed by atoms with Gasteiger partial charge in [0.1, 0.15) is 11.5 Å². The fourth-order valence-corrected chi connectivity index (χ4v) is 4.20. The third-order valence-corrected chi connectivity index (χ3v) is 5.78. The van der Waals surface area contributed by atoms with E-state index in [1.807, 2.05) is 24.3 Å². The Hall–Kier alpha value is -3.84. The predicted molar refractivity (Wildman–Crippen MR) is 126 cm³/mol. The first-order chi connectivity index (χ1) is 15.6. The number of aldehydes is 1. The predicted octanol–water partition coefficient (Wildman–Crippen LogP) is 3.90. The molecule has 0 atom stereocenters. The van der Waals surface area contributed by atoms with Gasteiger partial charge in [0, 0.05) is 30.2 Å². The van der Waals surface area contributed by atoms with Gasteiger partial charge in [0.2, 0.25) is 0 Å². The van der Waals surface area contributed by atoms with E-state index in [1.165, 1.54) is 0 Å². The Bertz CT molecular complexity index is 1320. The summed E-state index contributed by atoms with van der Waals surface area (Å²) in [6.45, 7) is 5.02. The molecule has 4 aromatic rings. The van der Waals surface area contributed by atoms with Gasteiger partial charge in [-0.05, 0) is 47.9 Å². The molecule has 5 rings (SSSR count). The van der Waals surface area contributed by atoms with E-state index in [1.54, 1.807) is 12.3 Å². The Morgan fingerprint density at radius 3 is 2.72 bits per heavy atom. The van der Waals surface area contributed by atoms with Gasteiger partial charge >= 0.3 is 0 Å². The smallest absolute Gasteiger partial charge is 0.168 e. The van der Waals surface area contributed by atoms with Crippen molar-refractivity contribution in [2.45, 2.75) is 6.92 Å². The van der Waals surface area contributed by atoms with Crippen LogP contribution in [0.4, 0.5) is 11.5 Å². The first kappa shape index (κ1) is 20.1. The molecule has 2 aromatic carbocycles. The Morgan fingerprint density at radius 1 is 1.06 bits per heavy atom. The number of carbonyl (C=O) groups excluding carboxylic acids is 1. The largest absolute Gasteiger partial charge is 0.382 e. The van der Waals surface area contributed by atoms with Gasteiger partial charge in [-0.1, -0.05) is 24.3 Å². The van der Waals surface area contributed by atoms with Gasteiger partial charge in [0.15, 0.2) is 12.1 Å². The van der Waals surface area contributed by atoms with Gasteiger partial charge in [-0.15, -0.1) is 0 Å². The summed E-state index contributed by atoms with van der Waals surface area (Å²) in [7, 11) is 0. The number of carbonyl (C=O) groups is 1. The molecule has 32 heavy (non-hydrogen) atoms. The van der Waals surface area contributed by atoms with Crippen molar-refractivity contribution in [2.24, 2.45) is 0 Å². The molecule has 0 amide bonds. The summed E-state index contributed by atoms with van der Waals surface area (Å²) < 4.78 is 5.47. The number of morpholine rings is 1. The summed E-state index contributed by atoms with van der Waals surface area (Å²) in [5.41, 5.74) is 12.5. The Labute approximate surface area is 185 Å². The second kappa shape index (κ2) is 8.36. The quantitative estimate of drug-likeness (QED) is 0.496. The summed E-state index contributed by atoms with van der Waals surface area (Å²) in [5, 5.41) is 1.01. The van der Waals surface area contributed by atoms with Gasteiger partial charge in [-0.25, -0.2) is 15.0 Å². The highest BCUT2D eigenvalue weighted by Crippen LogP contribution is 2.36. The van der Waals surface area contributed by atoms with Crippen molar-refractivity contribution in [2.75, 3.05) is 36.9 Å². The highest BCUT2D eigenvalue weighted by atomic mass is 16.5. The third kappa shape index (κ3) is 3.67. The standard InChI is InChI=1S/C25H23N5O2/c1-16-3-2-4-20(25-27-8-7-19(15-31)28-25)23(16)17-5-6-21-18(13-17)14-22(24(26)29-21)30-9-11-32-12-10-30/h2-8,13-15H,9-12H2,1H3,(H2,26,29). The average Bonchev–Trinajstić information content (AvgIpc) is 2.84. The molecule has 3 heterocycles. The second-order valence-electron chi connectivity index (χ2n) is 7.82. The molecule has 7 nitrogen and oxygen atoms in total. The summed E-state index contributed by atoms with van der Waals surface area (Å²) in [6, 6.07) is 15.9. The van der Waals surface area contributed by atoms with Crippen molar-refractivity contribution >= 4 is 28.7 Å². The number of nitrogens with zero attached hydrogens (tertiary/aromatic N) is 4. The van der Waals surface area contributed by atoms with Crippen LogP contribution in [-0.4, -0.2) is 47.5 Å². The number of ether oxygens (including phenoxy) is 1. The van der Waals surface area contributed by atoms with Crippen LogP contribution in [0.1, 0.15) is 16.1 Å². The first-order valence-electron chi connectivity index (χ1n) is 10.6. The maximum atomic E-state index is 11.2. The summed E-state index contributed by atoms with van der Waals surface area (Å²) in [5.74, 6) is 1.06. The molecule has 0 radical (unpaired) electrons. The maximum absolute atomic E-state index is 11.2. The number of anilines is 2. The van der Waals surface area contributed by atoms with E-state index in [-0.39, 0.29) is 0 Å². The maximum Gasteiger partial charge on any atom is 0.168 e. The van der Waals surface area contributed by atoms with Crippen molar-refractivity contribution in [1.82, 2.24) is 15.0 Å². The molecular formula is C25H23N5O2. The number of nitrogens with two attached hydrogens (primary N) is 1. The molecule has 2 N–H and O–H groups in total. The lowest BCUT2D eigenvalue weighted by molar-refractivity contribution is 0.111. The van der Waals surface area contributed by atoms with Crippen LogP contribution < -0.4 is 10.6 Å². The monoisotopic (exact) mass is 425 g/mol. The molecular weight excluding hydrogens is 402 g/mol. The van der Waals surface area contributed by atoms with E-state index in [0.717, 1.165) is 58.2 Å². The number of aromatic nitrogens is 3. The lowest BCUT2D eigenvalue weighted by Crippen LogP contribution is -2.36. The molecule has 7 heteroatoms. The average molecular weight is 425 g/mol. The highest BCUT2D eigenvalue weighted by molar-refractivity contribution is 5.93. The van der Waals surface area contributed by atoms with E-state index >= 15 is 0 Å². The van der Waals surface area contributed by atoms with Crippen molar-refractivity contribution in [3.63, 3.8) is 0 Å². The van der Waals surface area contributed by atoms with Gasteiger partial charge in [0.25, 0.3) is 0 Å². The number of nitrogen functional groups attached to an aromatic ring is 1. The fourth-order valence-electron chi connectivity index (χ4n) is 4.20. The molecule has 1 aliphatic rings. The zero-order valence-electron chi connectivity index (χ0n) is 17.8. The van der Waals surface area contributed by atoms with E-state index in [4.69, 9.17) is 10.5 Å². The summed E-state index contributed by atoms with van der Waals surface area (Å²) >= 11 is 0. The molecule has 1 fully saturated rings. The van der Waals surface area contributed by atoms with Crippen LogP contribution in [-0.2, 0) is 4.74 Å². The van der Waals surface area contributed by atoms with Crippen LogP contribution in [0, 0.1) is 6.92 Å². The Morgan fingerprint density at radius 2 is 1.91 bits per heavy atom. The topological polar surface area (TPSA) is 94.2 Å². The molecule has 0 bridgehead atoms. The Balaban J connectivity index is 1.65. The van der Waals surface area contributed by atoms with Crippen LogP contribution in [0.3, 0.4) is 0 Å². The summed E-state index contributed by atoms with van der Waals surface area (Å²) in [4.78, 5) is 26.9. The highest BCUT2D eigenvalue weighted by Gasteiger charge is 2.17. The van der Waals surface area contributed by atoms with Crippen molar-refractivity contribution in [1.29, 1.82) is 0 Å². The number of hydrogen-bond acceptors (Lipinski definition) is 7. The molecule has 0 spiro atoms. The lowest BCUT2D eigenvalue weighted by Gasteiger charge is -2.29. The molecule has 1 aliphatic heterocycles. The van der Waals surface area contributed by atoms with Crippen molar-refractivity contribution < 1.29 is 9.53 Å². The van der Waals surface area contributed by atoms with Gasteiger partial charge in [0.05, 0.1) is 24.4 Å². The number of hydrogen-bond donors (Lipinski definition) is 1. The van der Waals surface area contributed by atoms with Crippen LogP contribution in [0.2, 0.25) is 0 Å². The van der Waals surface area contributed by atoms with Gasteiger partial charge < -0.3 is 15.4 Å². The lowest BCUT2D eigenvalue weighted by atomic mass is 9.93. The number of benzene rings is 2. The molecule has 0 aliphatic carbocycles. The number of aryl methyl sites for hydroxylation is 1. The second-order valence-corrected chi connectivity index (χ2v) is 7.82. The molecule has 160 valence electrons. The zero-order valence-corrected chi connectivity index (χ0v) is 17.8. The third-order valence-electron chi connectivity index (χ3n) is 5.78. The van der Waals surface area contributed by atoms with Crippen LogP contribution in [0.25, 0.3) is 33.4 Å².